The van der Waals surface area contributed by atoms with Crippen LogP contribution in [0.15, 0.2) is 76.6 Å². The van der Waals surface area contributed by atoms with Crippen LogP contribution in [0.2, 0.25) is 0 Å². The van der Waals surface area contributed by atoms with Gasteiger partial charge in [0.25, 0.3) is 0 Å². The summed E-state index contributed by atoms with van der Waals surface area (Å²) < 4.78 is 44.8. The van der Waals surface area contributed by atoms with E-state index in [2.05, 4.69) is 4.90 Å². The standard InChI is InChI=1S/C25H25N3O5S/c1-31-18-10-12-19(13-11-18)34(29,30)28-16-14-27(15-17-28)25-20-6-5-9-23(32-2)24(20)33-22-8-4-3-7-21(22)26-25/h3-13H,14-17H2,1-2H3. The van der Waals surface area contributed by atoms with E-state index in [1.165, 1.54) is 4.31 Å². The van der Waals surface area contributed by atoms with Crippen molar-refractivity contribution < 1.29 is 22.6 Å². The molecular weight excluding hydrogens is 454 g/mol. The van der Waals surface area contributed by atoms with Gasteiger partial charge < -0.3 is 19.1 Å². The smallest absolute Gasteiger partial charge is 0.243 e. The molecular formula is C25H25N3O5S. The highest BCUT2D eigenvalue weighted by atomic mass is 32.2. The first-order chi connectivity index (χ1) is 16.5. The Morgan fingerprint density at radius 3 is 2.29 bits per heavy atom. The molecule has 9 heteroatoms. The summed E-state index contributed by atoms with van der Waals surface area (Å²) in [4.78, 5) is 7.28. The van der Waals surface area contributed by atoms with Crippen LogP contribution in [0.1, 0.15) is 5.56 Å². The summed E-state index contributed by atoms with van der Waals surface area (Å²) in [7, 11) is -0.443. The topological polar surface area (TPSA) is 80.7 Å². The van der Waals surface area contributed by atoms with E-state index in [1.807, 2.05) is 42.5 Å². The Morgan fingerprint density at radius 1 is 0.853 bits per heavy atom. The zero-order valence-corrected chi connectivity index (χ0v) is 19.8. The maximum atomic E-state index is 13.2. The summed E-state index contributed by atoms with van der Waals surface area (Å²) in [6.07, 6.45) is 0. The van der Waals surface area contributed by atoms with Crippen molar-refractivity contribution in [1.82, 2.24) is 9.21 Å². The monoisotopic (exact) mass is 479 g/mol. The first-order valence-electron chi connectivity index (χ1n) is 10.9. The quantitative estimate of drug-likeness (QED) is 0.565. The number of rotatable bonds is 4. The minimum absolute atomic E-state index is 0.256. The Kier molecular flexibility index (Phi) is 5.89. The maximum absolute atomic E-state index is 13.2. The fourth-order valence-electron chi connectivity index (χ4n) is 4.16. The van der Waals surface area contributed by atoms with E-state index < -0.39 is 10.0 Å². The second-order valence-corrected chi connectivity index (χ2v) is 9.85. The Balaban J connectivity index is 1.44. The molecule has 1 fully saturated rings. The third-order valence-electron chi connectivity index (χ3n) is 5.98. The number of methoxy groups -OCH3 is 2. The number of sulfonamides is 1. The minimum Gasteiger partial charge on any atom is -0.497 e. The molecule has 3 aromatic rings. The molecule has 2 aliphatic rings. The third-order valence-corrected chi connectivity index (χ3v) is 7.89. The zero-order valence-electron chi connectivity index (χ0n) is 19.0. The van der Waals surface area contributed by atoms with E-state index >= 15 is 0 Å². The molecule has 0 radical (unpaired) electrons. The molecule has 0 atom stereocenters. The molecule has 8 nitrogen and oxygen atoms in total. The molecule has 0 N–H and O–H groups in total. The molecule has 0 spiro atoms. The van der Waals surface area contributed by atoms with Crippen molar-refractivity contribution >= 4 is 21.5 Å². The molecule has 2 heterocycles. The van der Waals surface area contributed by atoms with Gasteiger partial charge >= 0.3 is 0 Å². The lowest BCUT2D eigenvalue weighted by Gasteiger charge is -2.36. The molecule has 176 valence electrons. The minimum atomic E-state index is -3.60. The van der Waals surface area contributed by atoms with Gasteiger partial charge in [-0.05, 0) is 48.5 Å². The molecule has 0 unspecified atom stereocenters. The first kappa shape index (κ1) is 22.2. The molecule has 0 aromatic heterocycles. The van der Waals surface area contributed by atoms with Crippen LogP contribution in [-0.2, 0) is 10.0 Å². The van der Waals surface area contributed by atoms with Gasteiger partial charge in [0.05, 0.1) is 24.7 Å². The van der Waals surface area contributed by atoms with E-state index in [4.69, 9.17) is 19.2 Å². The number of ether oxygens (including phenoxy) is 3. The molecule has 5 rings (SSSR count). The average molecular weight is 480 g/mol. The van der Waals surface area contributed by atoms with Crippen LogP contribution in [0.3, 0.4) is 0 Å². The van der Waals surface area contributed by atoms with E-state index in [0.29, 0.717) is 54.9 Å². The van der Waals surface area contributed by atoms with E-state index in [9.17, 15) is 8.42 Å². The average Bonchev–Trinajstić information content (AvgIpc) is 3.05. The van der Waals surface area contributed by atoms with Gasteiger partial charge in [0.2, 0.25) is 10.0 Å². The number of para-hydroxylation sites is 3. The fourth-order valence-corrected chi connectivity index (χ4v) is 5.58. The molecule has 0 bridgehead atoms. The molecule has 0 aliphatic carbocycles. The lowest BCUT2D eigenvalue weighted by molar-refractivity contribution is 0.266. The van der Waals surface area contributed by atoms with Crippen LogP contribution in [0.4, 0.5) is 5.69 Å². The number of piperazine rings is 1. The van der Waals surface area contributed by atoms with Crippen LogP contribution in [0.5, 0.6) is 23.0 Å². The molecule has 34 heavy (non-hydrogen) atoms. The van der Waals surface area contributed by atoms with Crippen LogP contribution in [0.25, 0.3) is 0 Å². The van der Waals surface area contributed by atoms with Crippen LogP contribution in [0, 0.1) is 0 Å². The van der Waals surface area contributed by atoms with E-state index in [0.717, 1.165) is 11.4 Å². The Morgan fingerprint density at radius 2 is 1.59 bits per heavy atom. The highest BCUT2D eigenvalue weighted by Gasteiger charge is 2.32. The predicted molar refractivity (Wildman–Crippen MR) is 129 cm³/mol. The van der Waals surface area contributed by atoms with Crippen molar-refractivity contribution in [3.63, 3.8) is 0 Å². The van der Waals surface area contributed by atoms with Gasteiger partial charge in [0.1, 0.15) is 17.3 Å². The normalized spacial score (nSPS) is 15.9. The highest BCUT2D eigenvalue weighted by Crippen LogP contribution is 2.42. The number of amidine groups is 1. The number of nitrogens with zero attached hydrogens (tertiary/aromatic N) is 3. The maximum Gasteiger partial charge on any atom is 0.243 e. The lowest BCUT2D eigenvalue weighted by atomic mass is 10.1. The zero-order chi connectivity index (χ0) is 23.7. The Labute approximate surface area is 199 Å². The summed E-state index contributed by atoms with van der Waals surface area (Å²) in [5.41, 5.74) is 1.52. The van der Waals surface area contributed by atoms with Crippen molar-refractivity contribution in [2.45, 2.75) is 4.90 Å². The van der Waals surface area contributed by atoms with Crippen LogP contribution >= 0.6 is 0 Å². The van der Waals surface area contributed by atoms with Crippen molar-refractivity contribution in [3.05, 3.63) is 72.3 Å². The molecule has 2 aliphatic heterocycles. The largest absolute Gasteiger partial charge is 0.497 e. The summed E-state index contributed by atoms with van der Waals surface area (Å²) in [5, 5.41) is 0. The van der Waals surface area contributed by atoms with Gasteiger partial charge in [0, 0.05) is 26.2 Å². The summed E-state index contributed by atoms with van der Waals surface area (Å²) in [6, 6.07) is 19.8. The van der Waals surface area contributed by atoms with Crippen molar-refractivity contribution in [3.8, 4) is 23.0 Å². The predicted octanol–water partition coefficient (Wildman–Crippen LogP) is 3.89. The second-order valence-electron chi connectivity index (χ2n) is 7.91. The van der Waals surface area contributed by atoms with Gasteiger partial charge in [0.15, 0.2) is 17.2 Å². The number of hydrogen-bond donors (Lipinski definition) is 0. The number of aliphatic imine (C=N–C) groups is 1. The molecule has 0 amide bonds. The van der Waals surface area contributed by atoms with Crippen LogP contribution in [-0.4, -0.2) is 63.9 Å². The number of benzene rings is 3. The number of hydrogen-bond acceptors (Lipinski definition) is 7. The fraction of sp³-hybridized carbons (Fsp3) is 0.240. The lowest BCUT2D eigenvalue weighted by Crippen LogP contribution is -2.50. The first-order valence-corrected chi connectivity index (χ1v) is 12.4. The second kappa shape index (κ2) is 9.00. The van der Waals surface area contributed by atoms with Crippen molar-refractivity contribution in [2.75, 3.05) is 40.4 Å². The number of fused-ring (bicyclic) bond motifs is 2. The SMILES string of the molecule is COc1ccc(S(=O)(=O)N2CCN(C3=Nc4ccccc4Oc4c(OC)cccc43)CC2)cc1. The summed E-state index contributed by atoms with van der Waals surface area (Å²) in [5.74, 6) is 3.21. The molecule has 0 saturated carbocycles. The Bertz CT molecular complexity index is 1330. The van der Waals surface area contributed by atoms with Crippen molar-refractivity contribution in [2.24, 2.45) is 4.99 Å². The summed E-state index contributed by atoms with van der Waals surface area (Å²) >= 11 is 0. The van der Waals surface area contributed by atoms with E-state index in [1.54, 1.807) is 38.5 Å². The van der Waals surface area contributed by atoms with Crippen LogP contribution < -0.4 is 14.2 Å². The van der Waals surface area contributed by atoms with Gasteiger partial charge in [-0.15, -0.1) is 0 Å². The Hall–Kier alpha value is -3.56. The highest BCUT2D eigenvalue weighted by molar-refractivity contribution is 7.89. The van der Waals surface area contributed by atoms with Gasteiger partial charge in [-0.2, -0.15) is 4.31 Å². The van der Waals surface area contributed by atoms with E-state index in [-0.39, 0.29) is 4.90 Å². The van der Waals surface area contributed by atoms with Gasteiger partial charge in [-0.3, -0.25) is 0 Å². The van der Waals surface area contributed by atoms with Gasteiger partial charge in [-0.1, -0.05) is 18.2 Å². The summed E-state index contributed by atoms with van der Waals surface area (Å²) in [6.45, 7) is 1.67. The molecule has 1 saturated heterocycles. The third kappa shape index (κ3) is 3.97. The van der Waals surface area contributed by atoms with Crippen molar-refractivity contribution in [1.29, 1.82) is 0 Å². The van der Waals surface area contributed by atoms with Gasteiger partial charge in [-0.25, -0.2) is 13.4 Å². The molecule has 3 aromatic carbocycles.